The van der Waals surface area contributed by atoms with Gasteiger partial charge in [0.1, 0.15) is 6.04 Å². The van der Waals surface area contributed by atoms with E-state index < -0.39 is 22.6 Å². The highest BCUT2D eigenvalue weighted by atomic mass is 32.2. The number of rotatable bonds is 14. The quantitative estimate of drug-likeness (QED) is 0.321. The highest BCUT2D eigenvalue weighted by Crippen LogP contribution is 2.68. The molecule has 3 heterocycles. The van der Waals surface area contributed by atoms with Gasteiger partial charge < -0.3 is 20.6 Å². The van der Waals surface area contributed by atoms with E-state index >= 15 is 0 Å². The summed E-state index contributed by atoms with van der Waals surface area (Å²) in [5.41, 5.74) is 1.03. The van der Waals surface area contributed by atoms with Gasteiger partial charge in [0.05, 0.1) is 16.6 Å². The summed E-state index contributed by atoms with van der Waals surface area (Å²) in [6.45, 7) is 6.04. The minimum atomic E-state index is -0.559. The van der Waals surface area contributed by atoms with Crippen LogP contribution < -0.4 is 10.6 Å². The van der Waals surface area contributed by atoms with Gasteiger partial charge in [-0.3, -0.25) is 14.4 Å². The van der Waals surface area contributed by atoms with Crippen molar-refractivity contribution in [2.75, 3.05) is 19.7 Å². The van der Waals surface area contributed by atoms with Gasteiger partial charge in [0.25, 0.3) is 0 Å². The number of likely N-dealkylation sites (tertiary alicyclic amines) is 1. The average molecular weight is 530 g/mol. The third-order valence-corrected chi connectivity index (χ3v) is 10.6. The molecule has 0 radical (unpaired) electrons. The summed E-state index contributed by atoms with van der Waals surface area (Å²) in [6.07, 6.45) is 7.26. The number of benzene rings is 1. The van der Waals surface area contributed by atoms with Crippen LogP contribution in [0.15, 0.2) is 30.3 Å². The lowest BCUT2D eigenvalue weighted by Crippen LogP contribution is -2.56. The van der Waals surface area contributed by atoms with Crippen molar-refractivity contribution in [3.8, 4) is 0 Å². The van der Waals surface area contributed by atoms with Crippen LogP contribution >= 0.6 is 11.8 Å². The summed E-state index contributed by atoms with van der Waals surface area (Å²) in [5.74, 6) is -0.858. The van der Waals surface area contributed by atoms with Gasteiger partial charge in [-0.2, -0.15) is 0 Å². The molecule has 1 aromatic carbocycles. The van der Waals surface area contributed by atoms with E-state index in [1.807, 2.05) is 30.3 Å². The highest BCUT2D eigenvalue weighted by Gasteiger charge is 2.75. The molecule has 3 unspecified atom stereocenters. The van der Waals surface area contributed by atoms with Crippen LogP contribution in [0.25, 0.3) is 0 Å². The van der Waals surface area contributed by atoms with Crippen LogP contribution in [0.3, 0.4) is 0 Å². The third-order valence-electron chi connectivity index (χ3n) is 8.49. The van der Waals surface area contributed by atoms with Crippen molar-refractivity contribution >= 4 is 29.5 Å². The van der Waals surface area contributed by atoms with E-state index in [9.17, 15) is 14.4 Å². The van der Waals surface area contributed by atoms with E-state index in [0.29, 0.717) is 19.6 Å². The number of aliphatic hydroxyl groups excluding tert-OH is 1. The summed E-state index contributed by atoms with van der Waals surface area (Å²) in [6, 6.07) is 9.28. The molecule has 4 rings (SSSR count). The number of unbranched alkanes of at least 4 members (excludes halogenated alkanes) is 5. The van der Waals surface area contributed by atoms with Crippen molar-refractivity contribution in [2.24, 2.45) is 17.8 Å². The van der Waals surface area contributed by atoms with Crippen molar-refractivity contribution in [3.63, 3.8) is 0 Å². The normalized spacial score (nSPS) is 30.0. The Labute approximate surface area is 225 Å². The molecule has 8 heteroatoms. The first-order valence-corrected chi connectivity index (χ1v) is 15.0. The van der Waals surface area contributed by atoms with E-state index in [2.05, 4.69) is 24.5 Å². The van der Waals surface area contributed by atoms with Crippen LogP contribution in [0.4, 0.5) is 0 Å². The van der Waals surface area contributed by atoms with Gasteiger partial charge in [0, 0.05) is 31.5 Å². The summed E-state index contributed by atoms with van der Waals surface area (Å²) in [4.78, 5) is 43.1. The molecule has 1 spiro atoms. The molecule has 3 fully saturated rings. The first-order valence-electron chi connectivity index (χ1n) is 14.1. The third kappa shape index (κ3) is 5.56. The Kier molecular flexibility index (Phi) is 9.57. The zero-order chi connectivity index (χ0) is 26.4. The molecule has 7 nitrogen and oxygen atoms in total. The summed E-state index contributed by atoms with van der Waals surface area (Å²) < 4.78 is -0.559. The molecule has 0 saturated carbocycles. The Morgan fingerprint density at radius 1 is 1.05 bits per heavy atom. The van der Waals surface area contributed by atoms with Crippen LogP contribution in [0.5, 0.6) is 0 Å². The summed E-state index contributed by atoms with van der Waals surface area (Å²) >= 11 is 1.73. The number of thioether (sulfide) groups is 1. The van der Waals surface area contributed by atoms with Gasteiger partial charge in [-0.25, -0.2) is 0 Å². The van der Waals surface area contributed by atoms with E-state index in [1.54, 1.807) is 16.7 Å². The molecule has 204 valence electrons. The Morgan fingerprint density at radius 3 is 2.54 bits per heavy atom. The van der Waals surface area contributed by atoms with Crippen LogP contribution in [0.1, 0.15) is 70.8 Å². The predicted octanol–water partition coefficient (Wildman–Crippen LogP) is 3.50. The number of carbonyl (C=O) groups excluding carboxylic acids is 3. The van der Waals surface area contributed by atoms with E-state index in [-0.39, 0.29) is 35.5 Å². The number of fused-ring (bicyclic) bond motifs is 1. The molecule has 37 heavy (non-hydrogen) atoms. The average Bonchev–Trinajstić information content (AvgIpc) is 3.49. The van der Waals surface area contributed by atoms with Crippen LogP contribution in [-0.4, -0.2) is 63.5 Å². The fraction of sp³-hybridized carbons (Fsp3) is 0.690. The zero-order valence-electron chi connectivity index (χ0n) is 22.3. The topological polar surface area (TPSA) is 98.7 Å². The predicted molar refractivity (Wildman–Crippen MR) is 147 cm³/mol. The van der Waals surface area contributed by atoms with Gasteiger partial charge in [-0.1, -0.05) is 69.9 Å². The van der Waals surface area contributed by atoms with Crippen molar-refractivity contribution in [1.82, 2.24) is 15.5 Å². The van der Waals surface area contributed by atoms with Crippen molar-refractivity contribution < 1.29 is 19.5 Å². The lowest BCUT2D eigenvalue weighted by Gasteiger charge is -2.38. The fourth-order valence-electron chi connectivity index (χ4n) is 6.69. The summed E-state index contributed by atoms with van der Waals surface area (Å²) in [7, 11) is 0. The number of aliphatic hydroxyl groups is 1. The molecule has 0 aliphatic carbocycles. The molecule has 3 aliphatic rings. The number of nitrogens with one attached hydrogen (secondary N) is 2. The second-order valence-corrected chi connectivity index (χ2v) is 12.5. The van der Waals surface area contributed by atoms with Crippen LogP contribution in [0, 0.1) is 17.8 Å². The summed E-state index contributed by atoms with van der Waals surface area (Å²) in [5, 5.41) is 15.4. The molecule has 3 saturated heterocycles. The standard InChI is InChI=1S/C29H43N3O4S/c1-3-4-10-15-30-27(35)25-29-20(2)18-22(37-29)23(26(34)31-19-21-13-8-7-9-14-21)24(29)28(36)32(25)16-11-5-6-12-17-33/h7-9,13-14,20,22-25,33H,3-6,10-12,15-19H2,1-2H3,(H,30,35)(H,31,34)/t20?,22-,23+,24+,25?,29?/m1/s1. The molecule has 6 atom stereocenters. The zero-order valence-corrected chi connectivity index (χ0v) is 23.1. The molecule has 1 aromatic rings. The molecule has 0 aromatic heterocycles. The first-order chi connectivity index (χ1) is 18.0. The van der Waals surface area contributed by atoms with Gasteiger partial charge >= 0.3 is 0 Å². The minimum Gasteiger partial charge on any atom is -0.396 e. The fourth-order valence-corrected chi connectivity index (χ4v) is 9.12. The van der Waals surface area contributed by atoms with Gasteiger partial charge in [-0.05, 0) is 37.2 Å². The second kappa shape index (κ2) is 12.7. The van der Waals surface area contributed by atoms with Crippen LogP contribution in [-0.2, 0) is 20.9 Å². The smallest absolute Gasteiger partial charge is 0.244 e. The number of hydrogen-bond donors (Lipinski definition) is 3. The maximum absolute atomic E-state index is 14.0. The Bertz CT molecular complexity index is 944. The number of hydrogen-bond acceptors (Lipinski definition) is 5. The Morgan fingerprint density at radius 2 is 1.81 bits per heavy atom. The van der Waals surface area contributed by atoms with Gasteiger partial charge in [0.15, 0.2) is 0 Å². The van der Waals surface area contributed by atoms with Crippen molar-refractivity contribution in [1.29, 1.82) is 0 Å². The van der Waals surface area contributed by atoms with E-state index in [4.69, 9.17) is 5.11 Å². The number of nitrogens with zero attached hydrogens (tertiary/aromatic N) is 1. The van der Waals surface area contributed by atoms with E-state index in [0.717, 1.165) is 56.9 Å². The maximum atomic E-state index is 14.0. The van der Waals surface area contributed by atoms with Gasteiger partial charge in [-0.15, -0.1) is 11.8 Å². The molecular weight excluding hydrogens is 486 g/mol. The number of carbonyl (C=O) groups is 3. The SMILES string of the molecule is CCCCCNC(=O)C1N(CCCCCCO)C(=O)[C@@H]2[C@@H](C(=O)NCc3ccccc3)[C@H]3CC(C)C12S3. The highest BCUT2D eigenvalue weighted by molar-refractivity contribution is 8.02. The lowest BCUT2D eigenvalue weighted by atomic mass is 9.66. The Balaban J connectivity index is 1.54. The minimum absolute atomic E-state index is 0.0303. The molecular formula is C29H43N3O4S. The van der Waals surface area contributed by atoms with Crippen molar-refractivity contribution in [2.45, 2.75) is 87.8 Å². The molecule has 3 N–H and O–H groups in total. The van der Waals surface area contributed by atoms with E-state index in [1.165, 1.54) is 0 Å². The second-order valence-electron chi connectivity index (χ2n) is 10.9. The lowest BCUT2D eigenvalue weighted by molar-refractivity contribution is -0.140. The monoisotopic (exact) mass is 529 g/mol. The number of amides is 3. The maximum Gasteiger partial charge on any atom is 0.244 e. The molecule has 2 bridgehead atoms. The first kappa shape index (κ1) is 28.0. The largest absolute Gasteiger partial charge is 0.396 e. The Hall–Kier alpha value is -2.06. The molecule has 3 aliphatic heterocycles. The molecule has 3 amide bonds. The van der Waals surface area contributed by atoms with Crippen molar-refractivity contribution in [3.05, 3.63) is 35.9 Å². The van der Waals surface area contributed by atoms with Crippen LogP contribution in [0.2, 0.25) is 0 Å². The van der Waals surface area contributed by atoms with Gasteiger partial charge in [0.2, 0.25) is 17.7 Å².